The molecule has 1 heterocycles. The van der Waals surface area contributed by atoms with Gasteiger partial charge in [-0.2, -0.15) is 0 Å². The predicted molar refractivity (Wildman–Crippen MR) is 70.0 cm³/mol. The van der Waals surface area contributed by atoms with E-state index in [-0.39, 0.29) is 5.38 Å². The number of nitrogens with zero attached hydrogens (tertiary/aromatic N) is 1. The number of aromatic nitrogens is 1. The van der Waals surface area contributed by atoms with E-state index in [9.17, 15) is 4.21 Å². The molecule has 2 atom stereocenters. The Kier molecular flexibility index (Phi) is 3.93. The van der Waals surface area contributed by atoms with Crippen molar-refractivity contribution in [3.63, 3.8) is 0 Å². The Labute approximate surface area is 107 Å². The van der Waals surface area contributed by atoms with Crippen molar-refractivity contribution in [1.82, 2.24) is 4.98 Å². The van der Waals surface area contributed by atoms with E-state index in [1.165, 1.54) is 6.20 Å². The van der Waals surface area contributed by atoms with Gasteiger partial charge in [-0.1, -0.05) is 18.2 Å². The number of anilines is 1. The van der Waals surface area contributed by atoms with Gasteiger partial charge in [-0.3, -0.25) is 14.3 Å². The second-order valence-electron chi connectivity index (χ2n) is 3.58. The van der Waals surface area contributed by atoms with Gasteiger partial charge < -0.3 is 0 Å². The maximum atomic E-state index is 10.6. The highest BCUT2D eigenvalue weighted by atomic mass is 35.5. The van der Waals surface area contributed by atoms with E-state index in [0.717, 1.165) is 17.6 Å². The summed E-state index contributed by atoms with van der Waals surface area (Å²) in [6.07, 6.45) is 9.84. The number of halogens is 1. The van der Waals surface area contributed by atoms with Crippen molar-refractivity contribution in [2.24, 2.45) is 0 Å². The van der Waals surface area contributed by atoms with Crippen LogP contribution in [0.5, 0.6) is 0 Å². The summed E-state index contributed by atoms with van der Waals surface area (Å²) in [5.41, 5.74) is 2.41. The fraction of sp³-hybridized carbons (Fsp3) is 0.182. The molecule has 1 aromatic heterocycles. The lowest BCUT2D eigenvalue weighted by Crippen LogP contribution is -2.03. The van der Waals surface area contributed by atoms with Gasteiger partial charge in [-0.05, 0) is 18.1 Å². The average Bonchev–Trinajstić information content (AvgIpc) is 2.29. The van der Waals surface area contributed by atoms with Crippen LogP contribution in [0.1, 0.15) is 12.0 Å². The second kappa shape index (κ2) is 5.44. The standard InChI is InChI=1S/C11H11ClN2O2S/c12-10-3-1-8(2-4-10)9-5-11(7-13-6-9)14-17(15)16/h1-3,5-7,10,14H,4H2,(H,15,16). The lowest BCUT2D eigenvalue weighted by Gasteiger charge is -2.11. The van der Waals surface area contributed by atoms with E-state index in [2.05, 4.69) is 9.71 Å². The molecule has 17 heavy (non-hydrogen) atoms. The summed E-state index contributed by atoms with van der Waals surface area (Å²) in [5, 5.41) is 0.0398. The van der Waals surface area contributed by atoms with Crippen LogP contribution in [-0.2, 0) is 11.3 Å². The minimum atomic E-state index is -2.08. The third-order valence-corrected chi connectivity index (χ3v) is 3.06. The Hall–Kier alpha value is -1.17. The number of nitrogens with one attached hydrogen (secondary N) is 1. The molecule has 2 unspecified atom stereocenters. The Morgan fingerprint density at radius 1 is 1.53 bits per heavy atom. The molecule has 0 amide bonds. The summed E-state index contributed by atoms with van der Waals surface area (Å²) in [6, 6.07) is 1.77. The molecule has 0 saturated carbocycles. The quantitative estimate of drug-likeness (QED) is 0.655. The van der Waals surface area contributed by atoms with Gasteiger partial charge in [0.05, 0.1) is 17.3 Å². The molecule has 0 bridgehead atoms. The number of pyridine rings is 1. The highest BCUT2D eigenvalue weighted by Crippen LogP contribution is 2.24. The summed E-state index contributed by atoms with van der Waals surface area (Å²) < 4.78 is 21.7. The molecule has 0 aliphatic heterocycles. The molecule has 0 aromatic carbocycles. The maximum Gasteiger partial charge on any atom is 0.259 e. The predicted octanol–water partition coefficient (Wildman–Crippen LogP) is 2.58. The molecule has 0 saturated heterocycles. The van der Waals surface area contributed by atoms with Crippen molar-refractivity contribution < 1.29 is 8.76 Å². The Morgan fingerprint density at radius 3 is 3.00 bits per heavy atom. The van der Waals surface area contributed by atoms with Crippen LogP contribution in [0.4, 0.5) is 5.69 Å². The molecule has 0 fully saturated rings. The molecule has 4 nitrogen and oxygen atoms in total. The molecule has 0 spiro atoms. The molecule has 2 N–H and O–H groups in total. The number of hydrogen-bond acceptors (Lipinski definition) is 2. The number of hydrogen-bond donors (Lipinski definition) is 2. The van der Waals surface area contributed by atoms with Gasteiger partial charge in [-0.15, -0.1) is 11.6 Å². The maximum absolute atomic E-state index is 10.6. The third kappa shape index (κ3) is 3.39. The van der Waals surface area contributed by atoms with E-state index in [1.54, 1.807) is 12.3 Å². The summed E-state index contributed by atoms with van der Waals surface area (Å²) in [5.74, 6) is 0. The van der Waals surface area contributed by atoms with Crippen molar-refractivity contribution in [2.75, 3.05) is 4.72 Å². The van der Waals surface area contributed by atoms with Crippen molar-refractivity contribution in [1.29, 1.82) is 0 Å². The summed E-state index contributed by atoms with van der Waals surface area (Å²) in [7, 11) is 0. The molecular formula is C11H11ClN2O2S. The summed E-state index contributed by atoms with van der Waals surface area (Å²) >= 11 is 3.85. The molecule has 2 rings (SSSR count). The van der Waals surface area contributed by atoms with Gasteiger partial charge in [0.2, 0.25) is 0 Å². The van der Waals surface area contributed by atoms with Crippen LogP contribution in [-0.4, -0.2) is 19.1 Å². The first-order valence-corrected chi connectivity index (χ1v) is 6.55. The number of rotatable bonds is 3. The molecule has 0 radical (unpaired) electrons. The van der Waals surface area contributed by atoms with Crippen molar-refractivity contribution in [3.05, 3.63) is 42.3 Å². The fourth-order valence-electron chi connectivity index (χ4n) is 1.56. The number of alkyl halides is 1. The minimum Gasteiger partial charge on any atom is -0.289 e. The first kappa shape index (κ1) is 12.3. The molecule has 1 aliphatic carbocycles. The molecule has 90 valence electrons. The van der Waals surface area contributed by atoms with Gasteiger partial charge in [-0.25, -0.2) is 4.21 Å². The molecule has 1 aliphatic rings. The van der Waals surface area contributed by atoms with Gasteiger partial charge in [0.25, 0.3) is 11.3 Å². The first-order chi connectivity index (χ1) is 8.15. The van der Waals surface area contributed by atoms with E-state index in [1.807, 2.05) is 18.2 Å². The Balaban J connectivity index is 2.22. The fourth-order valence-corrected chi connectivity index (χ4v) is 2.04. The lowest BCUT2D eigenvalue weighted by molar-refractivity contribution is 0.570. The zero-order valence-electron chi connectivity index (χ0n) is 8.84. The first-order valence-electron chi connectivity index (χ1n) is 5.00. The average molecular weight is 271 g/mol. The van der Waals surface area contributed by atoms with Crippen LogP contribution < -0.4 is 4.72 Å². The van der Waals surface area contributed by atoms with Crippen LogP contribution in [0.2, 0.25) is 0 Å². The van der Waals surface area contributed by atoms with E-state index in [0.29, 0.717) is 5.69 Å². The van der Waals surface area contributed by atoms with Crippen molar-refractivity contribution in [3.8, 4) is 0 Å². The topological polar surface area (TPSA) is 62.2 Å². The third-order valence-electron chi connectivity index (χ3n) is 2.32. The van der Waals surface area contributed by atoms with E-state index < -0.39 is 11.3 Å². The molecule has 6 heteroatoms. The molecular weight excluding hydrogens is 260 g/mol. The van der Waals surface area contributed by atoms with Crippen molar-refractivity contribution in [2.45, 2.75) is 11.8 Å². The highest BCUT2D eigenvalue weighted by molar-refractivity contribution is 7.80. The Morgan fingerprint density at radius 2 is 2.35 bits per heavy atom. The second-order valence-corrected chi connectivity index (χ2v) is 4.85. The van der Waals surface area contributed by atoms with Gasteiger partial charge >= 0.3 is 0 Å². The van der Waals surface area contributed by atoms with Crippen LogP contribution >= 0.6 is 11.6 Å². The van der Waals surface area contributed by atoms with E-state index in [4.69, 9.17) is 16.2 Å². The lowest BCUT2D eigenvalue weighted by atomic mass is 10.0. The zero-order chi connectivity index (χ0) is 12.3. The number of allylic oxidation sites excluding steroid dienone is 4. The zero-order valence-corrected chi connectivity index (χ0v) is 10.4. The van der Waals surface area contributed by atoms with Crippen LogP contribution in [0, 0.1) is 0 Å². The van der Waals surface area contributed by atoms with Gasteiger partial charge in [0.15, 0.2) is 0 Å². The summed E-state index contributed by atoms with van der Waals surface area (Å²) in [4.78, 5) is 4.02. The van der Waals surface area contributed by atoms with Crippen LogP contribution in [0.15, 0.2) is 36.7 Å². The monoisotopic (exact) mass is 270 g/mol. The minimum absolute atomic E-state index is 0.0398. The van der Waals surface area contributed by atoms with Gasteiger partial charge in [0.1, 0.15) is 0 Å². The van der Waals surface area contributed by atoms with Crippen LogP contribution in [0.25, 0.3) is 5.57 Å². The largest absolute Gasteiger partial charge is 0.289 e. The molecule has 1 aromatic rings. The smallest absolute Gasteiger partial charge is 0.259 e. The highest BCUT2D eigenvalue weighted by Gasteiger charge is 2.08. The van der Waals surface area contributed by atoms with Crippen molar-refractivity contribution >= 4 is 34.1 Å². The SMILES string of the molecule is O=S(O)Nc1cncc(C2=CCC(Cl)C=C2)c1. The van der Waals surface area contributed by atoms with E-state index >= 15 is 0 Å². The Bertz CT molecular complexity index is 502. The normalized spacial score (nSPS) is 20.8. The van der Waals surface area contributed by atoms with Crippen LogP contribution in [0.3, 0.4) is 0 Å². The summed E-state index contributed by atoms with van der Waals surface area (Å²) in [6.45, 7) is 0. The van der Waals surface area contributed by atoms with Gasteiger partial charge in [0, 0.05) is 11.8 Å².